The predicted molar refractivity (Wildman–Crippen MR) is 86.5 cm³/mol. The maximum atomic E-state index is 11.1. The first-order valence-corrected chi connectivity index (χ1v) is 7.23. The number of pyridine rings is 1. The van der Waals surface area contributed by atoms with Crippen molar-refractivity contribution in [3.05, 3.63) is 54.2 Å². The molecule has 1 aromatic carbocycles. The molecule has 2 N–H and O–H groups in total. The Labute approximate surface area is 136 Å². The minimum Gasteiger partial charge on any atom is -0.477 e. The molecule has 0 fully saturated rings. The number of hydrogen-bond acceptors (Lipinski definition) is 5. The van der Waals surface area contributed by atoms with E-state index in [0.717, 1.165) is 27.7 Å². The number of aromatic carboxylic acids is 1. The second-order valence-corrected chi connectivity index (χ2v) is 5.36. The quantitative estimate of drug-likeness (QED) is 0.600. The molecule has 0 spiro atoms. The molecular formula is C17H12N4O3. The average Bonchev–Trinajstić information content (AvgIpc) is 3.20. The van der Waals surface area contributed by atoms with Crippen molar-refractivity contribution < 1.29 is 14.4 Å². The number of aromatic amines is 1. The van der Waals surface area contributed by atoms with Crippen LogP contribution in [0.2, 0.25) is 0 Å². The molecule has 0 atom stereocenters. The molecule has 4 rings (SSSR count). The number of carboxylic acids is 1. The van der Waals surface area contributed by atoms with Gasteiger partial charge in [-0.15, -0.1) is 0 Å². The van der Waals surface area contributed by atoms with Crippen LogP contribution in [-0.2, 0) is 0 Å². The number of hydrogen-bond donors (Lipinski definition) is 2. The minimum atomic E-state index is -1.05. The standard InChI is InChI=1S/C17H12N4O3/c1-9-19-16(21-24-9)14-8-12-6-10(2-3-13(12)20-14)11-4-5-18-15(7-11)17(22)23/h2-8,20H,1H3,(H,22,23). The highest BCUT2D eigenvalue weighted by Crippen LogP contribution is 2.27. The van der Waals surface area contributed by atoms with Gasteiger partial charge in [-0.1, -0.05) is 11.2 Å². The van der Waals surface area contributed by atoms with Crippen molar-refractivity contribution in [2.45, 2.75) is 6.92 Å². The van der Waals surface area contributed by atoms with Gasteiger partial charge in [0.1, 0.15) is 5.69 Å². The SMILES string of the molecule is Cc1nc(-c2cc3cc(-c4ccnc(C(=O)O)c4)ccc3[nH]2)no1. The molecule has 7 heteroatoms. The van der Waals surface area contributed by atoms with Gasteiger partial charge in [-0.05, 0) is 41.5 Å². The zero-order valence-electron chi connectivity index (χ0n) is 12.6. The van der Waals surface area contributed by atoms with Gasteiger partial charge < -0.3 is 14.6 Å². The minimum absolute atomic E-state index is 0.0182. The van der Waals surface area contributed by atoms with Gasteiger partial charge in [-0.25, -0.2) is 9.78 Å². The van der Waals surface area contributed by atoms with E-state index in [1.807, 2.05) is 24.3 Å². The Morgan fingerprint density at radius 1 is 1.17 bits per heavy atom. The number of aryl methyl sites for hydroxylation is 1. The number of benzene rings is 1. The number of fused-ring (bicyclic) bond motifs is 1. The summed E-state index contributed by atoms with van der Waals surface area (Å²) in [5.41, 5.74) is 3.41. The Hall–Kier alpha value is -3.48. The van der Waals surface area contributed by atoms with Gasteiger partial charge in [0.15, 0.2) is 0 Å². The molecule has 3 heterocycles. The van der Waals surface area contributed by atoms with Gasteiger partial charge in [0, 0.05) is 24.0 Å². The van der Waals surface area contributed by atoms with Crippen molar-refractivity contribution in [3.8, 4) is 22.6 Å². The highest BCUT2D eigenvalue weighted by molar-refractivity contribution is 5.90. The fourth-order valence-electron chi connectivity index (χ4n) is 2.57. The van der Waals surface area contributed by atoms with E-state index in [2.05, 4.69) is 20.1 Å². The van der Waals surface area contributed by atoms with Crippen LogP contribution in [0.5, 0.6) is 0 Å². The fourth-order valence-corrected chi connectivity index (χ4v) is 2.57. The van der Waals surface area contributed by atoms with Crippen molar-refractivity contribution in [1.82, 2.24) is 20.1 Å². The number of aromatic nitrogens is 4. The summed E-state index contributed by atoms with van der Waals surface area (Å²) in [6.07, 6.45) is 1.49. The van der Waals surface area contributed by atoms with E-state index in [-0.39, 0.29) is 5.69 Å². The molecule has 0 unspecified atom stereocenters. The number of H-pyrrole nitrogens is 1. The lowest BCUT2D eigenvalue weighted by atomic mass is 10.0. The first-order chi connectivity index (χ1) is 11.6. The van der Waals surface area contributed by atoms with Crippen LogP contribution >= 0.6 is 0 Å². The third-order valence-electron chi connectivity index (χ3n) is 3.70. The molecule has 0 radical (unpaired) electrons. The van der Waals surface area contributed by atoms with Crippen molar-refractivity contribution in [2.75, 3.05) is 0 Å². The zero-order chi connectivity index (χ0) is 16.7. The maximum absolute atomic E-state index is 11.1. The predicted octanol–water partition coefficient (Wildman–Crippen LogP) is 3.29. The molecule has 3 aromatic heterocycles. The van der Waals surface area contributed by atoms with Gasteiger partial charge >= 0.3 is 5.97 Å². The van der Waals surface area contributed by atoms with E-state index in [1.165, 1.54) is 6.20 Å². The monoisotopic (exact) mass is 320 g/mol. The van der Waals surface area contributed by atoms with Crippen LogP contribution in [0.3, 0.4) is 0 Å². The summed E-state index contributed by atoms with van der Waals surface area (Å²) < 4.78 is 5.00. The Morgan fingerprint density at radius 2 is 2.00 bits per heavy atom. The Morgan fingerprint density at radius 3 is 2.75 bits per heavy atom. The normalized spacial score (nSPS) is 11.0. The van der Waals surface area contributed by atoms with Gasteiger partial charge in [-0.2, -0.15) is 4.98 Å². The first-order valence-electron chi connectivity index (χ1n) is 7.23. The highest BCUT2D eigenvalue weighted by Gasteiger charge is 2.11. The van der Waals surface area contributed by atoms with E-state index in [4.69, 9.17) is 9.63 Å². The Kier molecular flexibility index (Phi) is 3.13. The molecular weight excluding hydrogens is 308 g/mol. The van der Waals surface area contributed by atoms with Crippen molar-refractivity contribution in [3.63, 3.8) is 0 Å². The Bertz CT molecular complexity index is 1060. The largest absolute Gasteiger partial charge is 0.477 e. The first kappa shape index (κ1) is 14.1. The highest BCUT2D eigenvalue weighted by atomic mass is 16.5. The molecule has 24 heavy (non-hydrogen) atoms. The molecule has 118 valence electrons. The molecule has 0 amide bonds. The van der Waals surface area contributed by atoms with E-state index >= 15 is 0 Å². The summed E-state index contributed by atoms with van der Waals surface area (Å²) in [5, 5.41) is 13.9. The lowest BCUT2D eigenvalue weighted by molar-refractivity contribution is 0.0690. The summed E-state index contributed by atoms with van der Waals surface area (Å²) in [5.74, 6) is -0.0426. The average molecular weight is 320 g/mol. The van der Waals surface area contributed by atoms with Crippen LogP contribution in [0.1, 0.15) is 16.4 Å². The van der Waals surface area contributed by atoms with E-state index in [9.17, 15) is 4.79 Å². The molecule has 0 saturated heterocycles. The van der Waals surface area contributed by atoms with Gasteiger partial charge in [0.05, 0.1) is 5.69 Å². The number of carbonyl (C=O) groups is 1. The summed E-state index contributed by atoms with van der Waals surface area (Å²) >= 11 is 0. The van der Waals surface area contributed by atoms with Crippen LogP contribution in [-0.4, -0.2) is 31.2 Å². The second-order valence-electron chi connectivity index (χ2n) is 5.36. The third kappa shape index (κ3) is 2.41. The lowest BCUT2D eigenvalue weighted by Gasteiger charge is -2.03. The molecule has 4 aromatic rings. The molecule has 0 aliphatic carbocycles. The van der Waals surface area contributed by atoms with Crippen molar-refractivity contribution >= 4 is 16.9 Å². The Balaban J connectivity index is 1.78. The summed E-state index contributed by atoms with van der Waals surface area (Å²) in [6, 6.07) is 11.1. The summed E-state index contributed by atoms with van der Waals surface area (Å²) in [7, 11) is 0. The smallest absolute Gasteiger partial charge is 0.354 e. The van der Waals surface area contributed by atoms with Crippen LogP contribution in [0.15, 0.2) is 47.1 Å². The summed E-state index contributed by atoms with van der Waals surface area (Å²) in [4.78, 5) is 22.4. The second kappa shape index (κ2) is 5.31. The van der Waals surface area contributed by atoms with Crippen molar-refractivity contribution in [1.29, 1.82) is 0 Å². The van der Waals surface area contributed by atoms with E-state index < -0.39 is 5.97 Å². The van der Waals surface area contributed by atoms with Crippen LogP contribution in [0.4, 0.5) is 0 Å². The lowest BCUT2D eigenvalue weighted by Crippen LogP contribution is -1.99. The molecule has 0 saturated carbocycles. The van der Waals surface area contributed by atoms with E-state index in [1.54, 1.807) is 19.1 Å². The van der Waals surface area contributed by atoms with Gasteiger partial charge in [0.25, 0.3) is 0 Å². The topological polar surface area (TPSA) is 105 Å². The van der Waals surface area contributed by atoms with Gasteiger partial charge in [-0.3, -0.25) is 0 Å². The maximum Gasteiger partial charge on any atom is 0.354 e. The van der Waals surface area contributed by atoms with Crippen LogP contribution in [0.25, 0.3) is 33.5 Å². The van der Waals surface area contributed by atoms with Gasteiger partial charge in [0.2, 0.25) is 11.7 Å². The molecule has 7 nitrogen and oxygen atoms in total. The molecule has 0 aliphatic rings. The number of nitrogens with zero attached hydrogens (tertiary/aromatic N) is 3. The molecule has 0 aliphatic heterocycles. The summed E-state index contributed by atoms with van der Waals surface area (Å²) in [6.45, 7) is 1.74. The van der Waals surface area contributed by atoms with Crippen molar-refractivity contribution in [2.24, 2.45) is 0 Å². The third-order valence-corrected chi connectivity index (χ3v) is 3.70. The molecule has 0 bridgehead atoms. The number of nitrogens with one attached hydrogen (secondary N) is 1. The van der Waals surface area contributed by atoms with E-state index in [0.29, 0.717) is 11.7 Å². The van der Waals surface area contributed by atoms with Crippen LogP contribution < -0.4 is 0 Å². The number of rotatable bonds is 3. The number of carboxylic acid groups (broad SMARTS) is 1. The fraction of sp³-hybridized carbons (Fsp3) is 0.0588. The zero-order valence-corrected chi connectivity index (χ0v) is 12.6. The van der Waals surface area contributed by atoms with Crippen LogP contribution in [0, 0.1) is 6.92 Å².